The molecule has 0 radical (unpaired) electrons. The van der Waals surface area contributed by atoms with E-state index in [-0.39, 0.29) is 17.4 Å². The van der Waals surface area contributed by atoms with Crippen LogP contribution < -0.4 is 16.4 Å². The van der Waals surface area contributed by atoms with Gasteiger partial charge >= 0.3 is 0 Å². The third-order valence-electron chi connectivity index (χ3n) is 4.68. The van der Waals surface area contributed by atoms with E-state index in [9.17, 15) is 14.0 Å². The van der Waals surface area contributed by atoms with Crippen molar-refractivity contribution in [1.29, 1.82) is 0 Å². The summed E-state index contributed by atoms with van der Waals surface area (Å²) in [6.07, 6.45) is 3.53. The lowest BCUT2D eigenvalue weighted by molar-refractivity contribution is -0.111. The number of halogens is 1. The number of nitrogens with zero attached hydrogens (tertiary/aromatic N) is 2. The topological polar surface area (TPSA) is 102 Å². The second-order valence-corrected chi connectivity index (χ2v) is 6.64. The molecule has 3 aromatic rings. The first-order valence-electron chi connectivity index (χ1n) is 8.95. The first-order valence-corrected chi connectivity index (χ1v) is 8.95. The van der Waals surface area contributed by atoms with Crippen LogP contribution in [0.1, 0.15) is 15.9 Å². The number of rotatable bonds is 4. The Kier molecular flexibility index (Phi) is 4.59. The van der Waals surface area contributed by atoms with Gasteiger partial charge in [0.1, 0.15) is 5.82 Å². The largest absolute Gasteiger partial charge is 0.382 e. The molecule has 2 aromatic carbocycles. The standard InChI is InChI=1S/C21H18FN5O2/c1-2-19(28)25-15-8-14(22)9-16(10-15)27-11-18(20(23)26-27)12-3-4-17-13(7-12)5-6-24-21(17)29/h2-4,7-11H,1,5-6H2,(H2,23,26)(H,24,29)(H,25,28). The van der Waals surface area contributed by atoms with Gasteiger partial charge in [-0.2, -0.15) is 5.10 Å². The molecule has 0 atom stereocenters. The van der Waals surface area contributed by atoms with Crippen molar-refractivity contribution in [2.45, 2.75) is 6.42 Å². The van der Waals surface area contributed by atoms with Crippen LogP contribution in [0.25, 0.3) is 16.8 Å². The van der Waals surface area contributed by atoms with Gasteiger partial charge in [-0.25, -0.2) is 9.07 Å². The van der Waals surface area contributed by atoms with Crippen LogP contribution >= 0.6 is 0 Å². The molecule has 4 N–H and O–H groups in total. The highest BCUT2D eigenvalue weighted by Gasteiger charge is 2.18. The molecule has 0 saturated heterocycles. The summed E-state index contributed by atoms with van der Waals surface area (Å²) in [6.45, 7) is 3.97. The van der Waals surface area contributed by atoms with Crippen molar-refractivity contribution in [3.63, 3.8) is 0 Å². The number of fused-ring (bicyclic) bond motifs is 1. The average molecular weight is 391 g/mol. The zero-order valence-electron chi connectivity index (χ0n) is 15.4. The molecule has 2 heterocycles. The molecule has 1 aromatic heterocycles. The van der Waals surface area contributed by atoms with Crippen molar-refractivity contribution < 1.29 is 14.0 Å². The van der Waals surface area contributed by atoms with E-state index >= 15 is 0 Å². The summed E-state index contributed by atoms with van der Waals surface area (Å²) in [5.41, 5.74) is 9.86. The Bertz CT molecular complexity index is 1150. The molecule has 0 unspecified atom stereocenters. The predicted molar refractivity (Wildman–Crippen MR) is 108 cm³/mol. The fourth-order valence-corrected chi connectivity index (χ4v) is 3.31. The average Bonchev–Trinajstić information content (AvgIpc) is 3.09. The Labute approximate surface area is 166 Å². The van der Waals surface area contributed by atoms with Crippen LogP contribution in [0, 0.1) is 5.82 Å². The Morgan fingerprint density at radius 2 is 2.10 bits per heavy atom. The number of hydrogen-bond donors (Lipinski definition) is 3. The lowest BCUT2D eigenvalue weighted by Crippen LogP contribution is -2.31. The number of benzene rings is 2. The lowest BCUT2D eigenvalue weighted by Gasteiger charge is -2.17. The van der Waals surface area contributed by atoms with Gasteiger partial charge in [0.2, 0.25) is 5.91 Å². The number of nitrogens with two attached hydrogens (primary N) is 1. The Morgan fingerprint density at radius 1 is 1.28 bits per heavy atom. The summed E-state index contributed by atoms with van der Waals surface area (Å²) in [4.78, 5) is 23.4. The maximum absolute atomic E-state index is 14.0. The molecule has 4 rings (SSSR count). The number of anilines is 2. The highest BCUT2D eigenvalue weighted by molar-refractivity contribution is 5.99. The third kappa shape index (κ3) is 3.60. The van der Waals surface area contributed by atoms with Crippen LogP contribution in [-0.4, -0.2) is 28.1 Å². The van der Waals surface area contributed by atoms with Crippen LogP contribution in [0.15, 0.2) is 55.3 Å². The molecule has 0 aliphatic carbocycles. The molecule has 0 fully saturated rings. The summed E-state index contributed by atoms with van der Waals surface area (Å²) in [6, 6.07) is 9.57. The zero-order chi connectivity index (χ0) is 20.5. The molecule has 0 saturated carbocycles. The normalized spacial score (nSPS) is 12.8. The number of carbonyl (C=O) groups is 2. The van der Waals surface area contributed by atoms with Crippen molar-refractivity contribution in [3.8, 4) is 16.8 Å². The quantitative estimate of drug-likeness (QED) is 0.595. The molecule has 0 bridgehead atoms. The van der Waals surface area contributed by atoms with Crippen molar-refractivity contribution in [2.75, 3.05) is 17.6 Å². The number of hydrogen-bond acceptors (Lipinski definition) is 4. The minimum absolute atomic E-state index is 0.0877. The molecule has 8 heteroatoms. The van der Waals surface area contributed by atoms with E-state index in [0.717, 1.165) is 23.6 Å². The van der Waals surface area contributed by atoms with Gasteiger partial charge < -0.3 is 16.4 Å². The van der Waals surface area contributed by atoms with Crippen LogP contribution in [0.3, 0.4) is 0 Å². The van der Waals surface area contributed by atoms with E-state index in [4.69, 9.17) is 5.73 Å². The predicted octanol–water partition coefficient (Wildman–Crippen LogP) is 2.67. The summed E-state index contributed by atoms with van der Waals surface area (Å²) >= 11 is 0. The van der Waals surface area contributed by atoms with Gasteiger partial charge in [-0.05, 0) is 47.9 Å². The van der Waals surface area contributed by atoms with Gasteiger partial charge in [0.15, 0.2) is 5.82 Å². The summed E-state index contributed by atoms with van der Waals surface area (Å²) in [5, 5.41) is 9.62. The van der Waals surface area contributed by atoms with Crippen LogP contribution in [0.4, 0.5) is 15.9 Å². The van der Waals surface area contributed by atoms with E-state index in [1.165, 1.54) is 16.8 Å². The molecule has 0 spiro atoms. The Morgan fingerprint density at radius 3 is 2.90 bits per heavy atom. The fraction of sp³-hybridized carbons (Fsp3) is 0.0952. The second kappa shape index (κ2) is 7.23. The SMILES string of the molecule is C=CC(=O)Nc1cc(F)cc(-n2cc(-c3ccc4c(c3)CCNC4=O)c(N)n2)c1. The maximum Gasteiger partial charge on any atom is 0.251 e. The van der Waals surface area contributed by atoms with Crippen molar-refractivity contribution in [1.82, 2.24) is 15.1 Å². The molecule has 146 valence electrons. The number of nitrogens with one attached hydrogen (secondary N) is 2. The Balaban J connectivity index is 1.71. The Hall–Kier alpha value is -3.94. The second-order valence-electron chi connectivity index (χ2n) is 6.64. The molecule has 7 nitrogen and oxygen atoms in total. The molecule has 1 aliphatic rings. The minimum atomic E-state index is -0.530. The zero-order valence-corrected chi connectivity index (χ0v) is 15.4. The van der Waals surface area contributed by atoms with E-state index in [1.54, 1.807) is 18.3 Å². The summed E-state index contributed by atoms with van der Waals surface area (Å²) in [5.74, 6) is -0.793. The van der Waals surface area contributed by atoms with Crippen LogP contribution in [0.5, 0.6) is 0 Å². The summed E-state index contributed by atoms with van der Waals surface area (Å²) in [7, 11) is 0. The maximum atomic E-state index is 14.0. The van der Waals surface area contributed by atoms with Gasteiger partial charge in [0.05, 0.1) is 5.69 Å². The molecule has 29 heavy (non-hydrogen) atoms. The molecule has 2 amide bonds. The highest BCUT2D eigenvalue weighted by atomic mass is 19.1. The van der Waals surface area contributed by atoms with E-state index in [0.29, 0.717) is 23.4 Å². The van der Waals surface area contributed by atoms with Crippen molar-refractivity contribution >= 4 is 23.3 Å². The van der Waals surface area contributed by atoms with E-state index < -0.39 is 11.7 Å². The van der Waals surface area contributed by atoms with Crippen LogP contribution in [0.2, 0.25) is 0 Å². The molecule has 1 aliphatic heterocycles. The highest BCUT2D eigenvalue weighted by Crippen LogP contribution is 2.29. The number of nitrogen functional groups attached to an aromatic ring is 1. The van der Waals surface area contributed by atoms with Gasteiger partial charge in [0.25, 0.3) is 5.91 Å². The minimum Gasteiger partial charge on any atom is -0.382 e. The summed E-state index contributed by atoms with van der Waals surface area (Å²) < 4.78 is 15.5. The fourth-order valence-electron chi connectivity index (χ4n) is 3.31. The van der Waals surface area contributed by atoms with Gasteiger partial charge in [-0.15, -0.1) is 0 Å². The van der Waals surface area contributed by atoms with Crippen LogP contribution in [-0.2, 0) is 11.2 Å². The van der Waals surface area contributed by atoms with E-state index in [1.807, 2.05) is 12.1 Å². The van der Waals surface area contributed by atoms with Crippen molar-refractivity contribution in [3.05, 3.63) is 72.2 Å². The first-order chi connectivity index (χ1) is 13.9. The van der Waals surface area contributed by atoms with E-state index in [2.05, 4.69) is 22.3 Å². The molecular weight excluding hydrogens is 373 g/mol. The third-order valence-corrected chi connectivity index (χ3v) is 4.68. The number of amides is 2. The monoisotopic (exact) mass is 391 g/mol. The number of aromatic nitrogens is 2. The molecular formula is C21H18FN5O2. The smallest absolute Gasteiger partial charge is 0.251 e. The van der Waals surface area contributed by atoms with Gasteiger partial charge in [-0.1, -0.05) is 18.7 Å². The number of carbonyl (C=O) groups excluding carboxylic acids is 2. The van der Waals surface area contributed by atoms with Gasteiger partial charge in [0, 0.05) is 29.6 Å². The lowest BCUT2D eigenvalue weighted by atomic mass is 9.96. The van der Waals surface area contributed by atoms with Crippen molar-refractivity contribution in [2.24, 2.45) is 0 Å². The van der Waals surface area contributed by atoms with Gasteiger partial charge in [-0.3, -0.25) is 9.59 Å². The first kappa shape index (κ1) is 18.4.